The zero-order chi connectivity index (χ0) is 18.3. The summed E-state index contributed by atoms with van der Waals surface area (Å²) in [5, 5.41) is 0. The first kappa shape index (κ1) is 20.2. The number of carbonyl (C=O) groups is 1. The molecule has 0 aromatic heterocycles. The average Bonchev–Trinajstić information content (AvgIpc) is 2.90. The van der Waals surface area contributed by atoms with Gasteiger partial charge in [0.05, 0.1) is 17.1 Å². The van der Waals surface area contributed by atoms with Crippen LogP contribution in [0.3, 0.4) is 0 Å². The monoisotopic (exact) mass is 386 g/mol. The highest BCUT2D eigenvalue weighted by atomic mass is 32.2. The summed E-state index contributed by atoms with van der Waals surface area (Å²) in [7, 11) is -2.15. The molecule has 0 radical (unpaired) electrons. The van der Waals surface area contributed by atoms with E-state index in [1.54, 1.807) is 12.1 Å². The van der Waals surface area contributed by atoms with E-state index in [0.717, 1.165) is 43.7 Å². The SMILES string of the molecule is COCCNS(=O)(=O)c1ccc(SC)c(C(=O)N2CCCCCC2)c1. The van der Waals surface area contributed by atoms with Crippen molar-refractivity contribution in [1.29, 1.82) is 0 Å². The molecule has 1 aliphatic heterocycles. The highest BCUT2D eigenvalue weighted by Gasteiger charge is 2.23. The van der Waals surface area contributed by atoms with Crippen LogP contribution in [-0.2, 0) is 14.8 Å². The number of benzene rings is 1. The summed E-state index contributed by atoms with van der Waals surface area (Å²) < 4.78 is 32.2. The number of ether oxygens (including phenoxy) is 1. The largest absolute Gasteiger partial charge is 0.383 e. The van der Waals surface area contributed by atoms with Gasteiger partial charge in [-0.3, -0.25) is 4.79 Å². The maximum atomic E-state index is 12.9. The maximum absolute atomic E-state index is 12.9. The molecule has 1 fully saturated rings. The molecule has 0 atom stereocenters. The molecule has 0 unspecified atom stereocenters. The van der Waals surface area contributed by atoms with Gasteiger partial charge >= 0.3 is 0 Å². The van der Waals surface area contributed by atoms with Gasteiger partial charge in [-0.2, -0.15) is 0 Å². The first-order chi connectivity index (χ1) is 12.0. The van der Waals surface area contributed by atoms with Gasteiger partial charge in [0.15, 0.2) is 0 Å². The van der Waals surface area contributed by atoms with Gasteiger partial charge in [0.25, 0.3) is 5.91 Å². The van der Waals surface area contributed by atoms with Gasteiger partial charge in [0.2, 0.25) is 10.0 Å². The zero-order valence-corrected chi connectivity index (χ0v) is 16.4. The quantitative estimate of drug-likeness (QED) is 0.575. The number of hydrogen-bond acceptors (Lipinski definition) is 5. The van der Waals surface area contributed by atoms with E-state index in [2.05, 4.69) is 4.72 Å². The van der Waals surface area contributed by atoms with Crippen LogP contribution in [0.1, 0.15) is 36.0 Å². The number of likely N-dealkylation sites (tertiary alicyclic amines) is 1. The van der Waals surface area contributed by atoms with Crippen molar-refractivity contribution in [2.45, 2.75) is 35.5 Å². The van der Waals surface area contributed by atoms with Crippen LogP contribution in [-0.4, -0.2) is 58.8 Å². The normalized spacial score (nSPS) is 15.8. The second-order valence-corrected chi connectivity index (χ2v) is 8.57. The number of carbonyl (C=O) groups excluding carboxylic acids is 1. The van der Waals surface area contributed by atoms with Crippen LogP contribution in [0.5, 0.6) is 0 Å². The lowest BCUT2D eigenvalue weighted by Crippen LogP contribution is -2.32. The van der Waals surface area contributed by atoms with Gasteiger partial charge < -0.3 is 9.64 Å². The van der Waals surface area contributed by atoms with Crippen molar-refractivity contribution in [1.82, 2.24) is 9.62 Å². The Kier molecular flexibility index (Phi) is 7.74. The molecule has 1 saturated heterocycles. The molecule has 1 heterocycles. The minimum Gasteiger partial charge on any atom is -0.383 e. The van der Waals surface area contributed by atoms with E-state index < -0.39 is 10.0 Å². The molecular weight excluding hydrogens is 360 g/mol. The highest BCUT2D eigenvalue weighted by molar-refractivity contribution is 7.98. The van der Waals surface area contributed by atoms with Gasteiger partial charge in [-0.05, 0) is 37.3 Å². The Morgan fingerprint density at radius 3 is 2.52 bits per heavy atom. The number of amides is 1. The molecule has 1 amide bonds. The molecule has 8 heteroatoms. The van der Waals surface area contributed by atoms with Gasteiger partial charge in [-0.25, -0.2) is 13.1 Å². The lowest BCUT2D eigenvalue weighted by atomic mass is 10.2. The molecule has 0 aliphatic carbocycles. The Morgan fingerprint density at radius 2 is 1.92 bits per heavy atom. The molecule has 6 nitrogen and oxygen atoms in total. The molecular formula is C17H26N2O4S2. The summed E-state index contributed by atoms with van der Waals surface area (Å²) in [4.78, 5) is 15.7. The van der Waals surface area contributed by atoms with Crippen molar-refractivity contribution in [3.8, 4) is 0 Å². The summed E-state index contributed by atoms with van der Waals surface area (Å²) in [5.74, 6) is -0.0832. The van der Waals surface area contributed by atoms with Gasteiger partial charge in [-0.15, -0.1) is 11.8 Å². The van der Waals surface area contributed by atoms with Crippen molar-refractivity contribution in [2.75, 3.05) is 39.6 Å². The molecule has 1 N–H and O–H groups in total. The predicted molar refractivity (Wildman–Crippen MR) is 99.7 cm³/mol. The fraction of sp³-hybridized carbons (Fsp3) is 0.588. The zero-order valence-electron chi connectivity index (χ0n) is 14.8. The number of methoxy groups -OCH3 is 1. The summed E-state index contributed by atoms with van der Waals surface area (Å²) >= 11 is 1.45. The van der Waals surface area contributed by atoms with Crippen molar-refractivity contribution in [3.05, 3.63) is 23.8 Å². The minimum absolute atomic E-state index is 0.0832. The van der Waals surface area contributed by atoms with Crippen LogP contribution in [0.2, 0.25) is 0 Å². The molecule has 0 saturated carbocycles. The Hall–Kier alpha value is -1.09. The summed E-state index contributed by atoms with van der Waals surface area (Å²) in [6.07, 6.45) is 6.15. The molecule has 140 valence electrons. The third-order valence-electron chi connectivity index (χ3n) is 4.20. The summed E-state index contributed by atoms with van der Waals surface area (Å²) in [6.45, 7) is 1.95. The van der Waals surface area contributed by atoms with Crippen molar-refractivity contribution in [3.63, 3.8) is 0 Å². The molecule has 25 heavy (non-hydrogen) atoms. The van der Waals surface area contributed by atoms with E-state index >= 15 is 0 Å². The van der Waals surface area contributed by atoms with Crippen molar-refractivity contribution < 1.29 is 17.9 Å². The molecule has 1 aliphatic rings. The highest BCUT2D eigenvalue weighted by Crippen LogP contribution is 2.26. The number of rotatable bonds is 7. The fourth-order valence-electron chi connectivity index (χ4n) is 2.83. The first-order valence-corrected chi connectivity index (χ1v) is 11.2. The van der Waals surface area contributed by atoms with E-state index in [1.807, 2.05) is 11.2 Å². The van der Waals surface area contributed by atoms with Crippen LogP contribution in [0, 0.1) is 0 Å². The molecule has 1 aromatic carbocycles. The number of nitrogens with one attached hydrogen (secondary N) is 1. The molecule has 1 aromatic rings. The first-order valence-electron chi connectivity index (χ1n) is 8.45. The van der Waals surface area contributed by atoms with Crippen LogP contribution in [0.4, 0.5) is 0 Å². The van der Waals surface area contributed by atoms with Crippen LogP contribution >= 0.6 is 11.8 Å². The van der Waals surface area contributed by atoms with Crippen molar-refractivity contribution >= 4 is 27.7 Å². The van der Waals surface area contributed by atoms with Crippen LogP contribution in [0.15, 0.2) is 28.0 Å². The van der Waals surface area contributed by atoms with Crippen molar-refractivity contribution in [2.24, 2.45) is 0 Å². The standard InChI is InChI=1S/C17H26N2O4S2/c1-23-12-9-18-25(21,22)14-7-8-16(24-2)15(13-14)17(20)19-10-5-3-4-6-11-19/h7-8,13,18H,3-6,9-12H2,1-2H3. The third-order valence-corrected chi connectivity index (χ3v) is 6.46. The molecule has 0 bridgehead atoms. The van der Waals surface area contributed by atoms with E-state index in [-0.39, 0.29) is 17.3 Å². The Bertz CT molecular complexity index is 684. The summed E-state index contributed by atoms with van der Waals surface area (Å²) in [5.41, 5.74) is 0.462. The summed E-state index contributed by atoms with van der Waals surface area (Å²) in [6, 6.07) is 4.75. The van der Waals surface area contributed by atoms with Gasteiger partial charge in [0.1, 0.15) is 0 Å². The predicted octanol–water partition coefficient (Wildman–Crippen LogP) is 2.35. The van der Waals surface area contributed by atoms with Crippen LogP contribution in [0.25, 0.3) is 0 Å². The molecule has 0 spiro atoms. The lowest BCUT2D eigenvalue weighted by molar-refractivity contribution is 0.0758. The smallest absolute Gasteiger partial charge is 0.255 e. The average molecular weight is 387 g/mol. The number of nitrogens with zero attached hydrogens (tertiary/aromatic N) is 1. The van der Waals surface area contributed by atoms with Crippen LogP contribution < -0.4 is 4.72 Å². The molecule has 2 rings (SSSR count). The van der Waals surface area contributed by atoms with Gasteiger partial charge in [0, 0.05) is 31.6 Å². The van der Waals surface area contributed by atoms with E-state index in [1.165, 1.54) is 24.9 Å². The second-order valence-electron chi connectivity index (χ2n) is 5.96. The maximum Gasteiger partial charge on any atom is 0.255 e. The third kappa shape index (κ3) is 5.44. The Balaban J connectivity index is 2.28. The fourth-order valence-corrected chi connectivity index (χ4v) is 4.44. The number of thioether (sulfide) groups is 1. The minimum atomic E-state index is -3.66. The van der Waals surface area contributed by atoms with E-state index in [0.29, 0.717) is 12.2 Å². The number of sulfonamides is 1. The Labute approximate surface area is 154 Å². The second kappa shape index (κ2) is 9.56. The Morgan fingerprint density at radius 1 is 1.24 bits per heavy atom. The van der Waals surface area contributed by atoms with E-state index in [9.17, 15) is 13.2 Å². The van der Waals surface area contributed by atoms with E-state index in [4.69, 9.17) is 4.74 Å². The van der Waals surface area contributed by atoms with Gasteiger partial charge in [-0.1, -0.05) is 12.8 Å². The number of hydrogen-bond donors (Lipinski definition) is 1. The topological polar surface area (TPSA) is 75.7 Å². The lowest BCUT2D eigenvalue weighted by Gasteiger charge is -2.22.